The molecule has 0 radical (unpaired) electrons. The number of amides is 2. The molecule has 0 unspecified atom stereocenters. The summed E-state index contributed by atoms with van der Waals surface area (Å²) in [5.41, 5.74) is 2.26. The topological polar surface area (TPSA) is 91.1 Å². The van der Waals surface area contributed by atoms with Crippen LogP contribution in [0.4, 0.5) is 5.69 Å². The molecule has 0 saturated carbocycles. The predicted molar refractivity (Wildman–Crippen MR) is 90.6 cm³/mol. The van der Waals surface area contributed by atoms with Gasteiger partial charge in [-0.3, -0.25) is 14.4 Å². The lowest BCUT2D eigenvalue weighted by atomic mass is 10.2. The van der Waals surface area contributed by atoms with Crippen LogP contribution in [0.15, 0.2) is 34.9 Å². The second kappa shape index (κ2) is 7.23. The number of hydrogen-bond donors (Lipinski definition) is 3. The van der Waals surface area contributed by atoms with E-state index in [4.69, 9.17) is 0 Å². The van der Waals surface area contributed by atoms with Crippen LogP contribution < -0.4 is 10.6 Å². The Bertz CT molecular complexity index is 768. The van der Waals surface area contributed by atoms with E-state index in [9.17, 15) is 14.4 Å². The minimum absolute atomic E-state index is 0.135. The lowest BCUT2D eigenvalue weighted by molar-refractivity contribution is -0.115. The smallest absolute Gasteiger partial charge is 0.268 e. The Labute approximate surface area is 141 Å². The molecule has 0 fully saturated rings. The third-order valence-corrected chi connectivity index (χ3v) is 3.70. The maximum absolute atomic E-state index is 11.9. The molecule has 0 aliphatic carbocycles. The summed E-state index contributed by atoms with van der Waals surface area (Å²) < 4.78 is 0.925. The van der Waals surface area contributed by atoms with Gasteiger partial charge in [0.05, 0.1) is 6.54 Å². The molecular formula is C16H16BrN3O3. The largest absolute Gasteiger partial charge is 0.356 e. The van der Waals surface area contributed by atoms with Gasteiger partial charge in [-0.1, -0.05) is 15.9 Å². The normalized spacial score (nSPS) is 10.2. The summed E-state index contributed by atoms with van der Waals surface area (Å²) in [7, 11) is 0. The van der Waals surface area contributed by atoms with Crippen molar-refractivity contribution in [1.29, 1.82) is 0 Å². The van der Waals surface area contributed by atoms with E-state index < -0.39 is 5.91 Å². The van der Waals surface area contributed by atoms with Crippen molar-refractivity contribution in [1.82, 2.24) is 10.3 Å². The van der Waals surface area contributed by atoms with Crippen LogP contribution in [0.3, 0.4) is 0 Å². The number of hydrogen-bond acceptors (Lipinski definition) is 3. The van der Waals surface area contributed by atoms with Crippen molar-refractivity contribution in [2.24, 2.45) is 0 Å². The molecule has 0 spiro atoms. The number of benzene rings is 1. The van der Waals surface area contributed by atoms with Crippen LogP contribution >= 0.6 is 15.9 Å². The summed E-state index contributed by atoms with van der Waals surface area (Å²) in [6.07, 6.45) is 1.46. The number of nitrogens with one attached hydrogen (secondary N) is 3. The van der Waals surface area contributed by atoms with Crippen LogP contribution in [-0.2, 0) is 4.79 Å². The number of aryl methyl sites for hydroxylation is 1. The van der Waals surface area contributed by atoms with Crippen molar-refractivity contribution >= 4 is 39.2 Å². The van der Waals surface area contributed by atoms with Crippen LogP contribution in [0.1, 0.15) is 33.3 Å². The molecular weight excluding hydrogens is 362 g/mol. The highest BCUT2D eigenvalue weighted by Gasteiger charge is 2.12. The molecule has 0 saturated heterocycles. The van der Waals surface area contributed by atoms with Crippen molar-refractivity contribution in [3.63, 3.8) is 0 Å². The quantitative estimate of drug-likeness (QED) is 0.699. The zero-order valence-electron chi connectivity index (χ0n) is 12.7. The van der Waals surface area contributed by atoms with E-state index in [1.807, 2.05) is 19.1 Å². The summed E-state index contributed by atoms with van der Waals surface area (Å²) in [6.45, 7) is 3.13. The molecule has 0 aliphatic rings. The molecule has 3 N–H and O–H groups in total. The van der Waals surface area contributed by atoms with Crippen LogP contribution in [0.5, 0.6) is 0 Å². The molecule has 2 aromatic rings. The molecule has 0 bridgehead atoms. The number of carbonyl (C=O) groups excluding carboxylic acids is 3. The molecule has 1 aromatic heterocycles. The van der Waals surface area contributed by atoms with Gasteiger partial charge in [0.2, 0.25) is 5.91 Å². The highest BCUT2D eigenvalue weighted by atomic mass is 79.9. The van der Waals surface area contributed by atoms with Crippen molar-refractivity contribution < 1.29 is 14.4 Å². The third kappa shape index (κ3) is 4.53. The number of Topliss-reactive ketones (excluding diaryl/α,β-unsaturated/α-hetero) is 1. The number of aromatic amines is 1. The molecule has 0 aliphatic heterocycles. The van der Waals surface area contributed by atoms with Gasteiger partial charge in [-0.15, -0.1) is 0 Å². The maximum atomic E-state index is 11.9. The van der Waals surface area contributed by atoms with Gasteiger partial charge in [0.25, 0.3) is 5.91 Å². The van der Waals surface area contributed by atoms with Gasteiger partial charge in [0, 0.05) is 21.9 Å². The summed E-state index contributed by atoms with van der Waals surface area (Å²) in [5, 5.41) is 5.23. The van der Waals surface area contributed by atoms with Crippen molar-refractivity contribution in [2.75, 3.05) is 11.9 Å². The Balaban J connectivity index is 1.90. The minimum atomic E-state index is -0.444. The van der Waals surface area contributed by atoms with E-state index in [1.165, 1.54) is 19.2 Å². The summed E-state index contributed by atoms with van der Waals surface area (Å²) in [4.78, 5) is 37.7. The Morgan fingerprint density at radius 1 is 1.22 bits per heavy atom. The van der Waals surface area contributed by atoms with Crippen LogP contribution in [0.2, 0.25) is 0 Å². The number of aromatic nitrogens is 1. The van der Waals surface area contributed by atoms with E-state index >= 15 is 0 Å². The highest BCUT2D eigenvalue weighted by Crippen LogP contribution is 2.19. The van der Waals surface area contributed by atoms with Gasteiger partial charge in [0.15, 0.2) is 5.78 Å². The Morgan fingerprint density at radius 3 is 2.57 bits per heavy atom. The van der Waals surface area contributed by atoms with E-state index in [0.29, 0.717) is 11.3 Å². The zero-order valence-corrected chi connectivity index (χ0v) is 14.3. The first-order valence-electron chi connectivity index (χ1n) is 6.90. The van der Waals surface area contributed by atoms with Gasteiger partial charge in [-0.2, -0.15) is 0 Å². The fraction of sp³-hybridized carbons (Fsp3) is 0.188. The number of halogens is 1. The second-order valence-corrected chi connectivity index (χ2v) is 5.96. The van der Waals surface area contributed by atoms with Gasteiger partial charge >= 0.3 is 0 Å². The summed E-state index contributed by atoms with van der Waals surface area (Å²) in [6, 6.07) is 6.94. The SMILES string of the molecule is CC(=O)c1c[nH]c(C(=O)NCC(=O)Nc2ccc(Br)cc2C)c1. The Hall–Kier alpha value is -2.41. The molecule has 2 rings (SSSR count). The van der Waals surface area contributed by atoms with Crippen LogP contribution in [0.25, 0.3) is 0 Å². The average Bonchev–Trinajstić information content (AvgIpc) is 2.98. The second-order valence-electron chi connectivity index (χ2n) is 5.05. The van der Waals surface area contributed by atoms with Gasteiger partial charge in [-0.05, 0) is 43.7 Å². The van der Waals surface area contributed by atoms with E-state index in [0.717, 1.165) is 10.0 Å². The van der Waals surface area contributed by atoms with E-state index in [2.05, 4.69) is 31.5 Å². The fourth-order valence-corrected chi connectivity index (χ4v) is 2.42. The lowest BCUT2D eigenvalue weighted by Crippen LogP contribution is -2.33. The predicted octanol–water partition coefficient (Wildman–Crippen LogP) is 2.66. The molecule has 2 amide bonds. The van der Waals surface area contributed by atoms with Crippen LogP contribution in [-0.4, -0.2) is 29.1 Å². The molecule has 23 heavy (non-hydrogen) atoms. The number of carbonyl (C=O) groups is 3. The summed E-state index contributed by atoms with van der Waals surface area (Å²) in [5.74, 6) is -0.911. The first kappa shape index (κ1) is 17.0. The van der Waals surface area contributed by atoms with E-state index in [-0.39, 0.29) is 23.9 Å². The summed E-state index contributed by atoms with van der Waals surface area (Å²) >= 11 is 3.35. The standard InChI is InChI=1S/C16H16BrN3O3/c1-9-5-12(17)3-4-13(9)20-15(22)8-19-16(23)14-6-11(7-18-14)10(2)21/h3-7,18H,8H2,1-2H3,(H,19,23)(H,20,22). The van der Waals surface area contributed by atoms with Crippen molar-refractivity contribution in [2.45, 2.75) is 13.8 Å². The molecule has 0 atom stereocenters. The first-order chi connectivity index (χ1) is 10.9. The molecule has 6 nitrogen and oxygen atoms in total. The van der Waals surface area contributed by atoms with Gasteiger partial charge < -0.3 is 15.6 Å². The number of ketones is 1. The molecule has 1 heterocycles. The van der Waals surface area contributed by atoms with Gasteiger partial charge in [0.1, 0.15) is 5.69 Å². The zero-order chi connectivity index (χ0) is 17.0. The van der Waals surface area contributed by atoms with E-state index in [1.54, 1.807) is 6.07 Å². The van der Waals surface area contributed by atoms with Gasteiger partial charge in [-0.25, -0.2) is 0 Å². The fourth-order valence-electron chi connectivity index (χ4n) is 1.95. The maximum Gasteiger partial charge on any atom is 0.268 e. The average molecular weight is 378 g/mol. The Morgan fingerprint density at radius 2 is 1.96 bits per heavy atom. The molecule has 7 heteroatoms. The number of anilines is 1. The highest BCUT2D eigenvalue weighted by molar-refractivity contribution is 9.10. The van der Waals surface area contributed by atoms with Crippen molar-refractivity contribution in [3.05, 3.63) is 51.8 Å². The monoisotopic (exact) mass is 377 g/mol. The lowest BCUT2D eigenvalue weighted by Gasteiger charge is -2.09. The molecule has 120 valence electrons. The van der Waals surface area contributed by atoms with Crippen LogP contribution in [0, 0.1) is 6.92 Å². The first-order valence-corrected chi connectivity index (χ1v) is 7.69. The third-order valence-electron chi connectivity index (χ3n) is 3.21. The number of rotatable bonds is 5. The Kier molecular flexibility index (Phi) is 5.33. The number of H-pyrrole nitrogens is 1. The minimum Gasteiger partial charge on any atom is -0.356 e. The van der Waals surface area contributed by atoms with Crippen molar-refractivity contribution in [3.8, 4) is 0 Å². The molecule has 1 aromatic carbocycles.